The molecular weight excluding hydrogens is 538 g/mol. The molecule has 0 bridgehead atoms. The molecule has 9 nitrogen and oxygen atoms in total. The van der Waals surface area contributed by atoms with E-state index in [2.05, 4.69) is 91.7 Å². The molecule has 6 aromatic rings. The molecule has 0 aliphatic carbocycles. The Morgan fingerprint density at radius 2 is 1.53 bits per heavy atom. The molecule has 2 fully saturated rings. The highest BCUT2D eigenvalue weighted by Gasteiger charge is 2.48. The number of H-pyrrole nitrogens is 2. The van der Waals surface area contributed by atoms with Gasteiger partial charge in [0.1, 0.15) is 0 Å². The number of rotatable bonds is 6. The molecular formula is C34H31N7O2. The molecule has 0 saturated carbocycles. The number of likely N-dealkylation sites (tertiary alicyclic amines) is 1. The summed E-state index contributed by atoms with van der Waals surface area (Å²) in [5.41, 5.74) is 9.11. The maximum atomic E-state index is 6.68. The third kappa shape index (κ3) is 4.11. The summed E-state index contributed by atoms with van der Waals surface area (Å²) in [6.07, 6.45) is 6.71. The largest absolute Gasteiger partial charge is 0.451 e. The Morgan fingerprint density at radius 3 is 2.28 bits per heavy atom. The van der Waals surface area contributed by atoms with Crippen molar-refractivity contribution in [2.45, 2.75) is 13.3 Å². The van der Waals surface area contributed by atoms with Gasteiger partial charge in [0.25, 0.3) is 0 Å². The Bertz CT molecular complexity index is 2020. The van der Waals surface area contributed by atoms with Crippen LogP contribution in [0.15, 0.2) is 73.2 Å². The number of aryl methyl sites for hydroxylation is 1. The van der Waals surface area contributed by atoms with Gasteiger partial charge in [-0.05, 0) is 84.6 Å². The van der Waals surface area contributed by atoms with Crippen LogP contribution in [0.2, 0.25) is 0 Å². The van der Waals surface area contributed by atoms with E-state index in [9.17, 15) is 0 Å². The fourth-order valence-electron chi connectivity index (χ4n) is 6.93. The molecule has 0 amide bonds. The van der Waals surface area contributed by atoms with E-state index in [1.165, 1.54) is 5.56 Å². The minimum Gasteiger partial charge on any atom is -0.451 e. The second kappa shape index (κ2) is 9.39. The van der Waals surface area contributed by atoms with Crippen LogP contribution in [0.25, 0.3) is 44.1 Å². The molecule has 6 heterocycles. The van der Waals surface area contributed by atoms with Crippen LogP contribution in [0.1, 0.15) is 12.0 Å². The van der Waals surface area contributed by atoms with Crippen molar-refractivity contribution in [1.82, 2.24) is 30.3 Å². The Balaban J connectivity index is 1.07. The zero-order valence-electron chi connectivity index (χ0n) is 23.9. The van der Waals surface area contributed by atoms with E-state index in [4.69, 9.17) is 14.5 Å². The molecule has 3 aromatic carbocycles. The van der Waals surface area contributed by atoms with Crippen LogP contribution in [-0.2, 0) is 4.74 Å². The van der Waals surface area contributed by atoms with E-state index in [1.807, 2.05) is 18.6 Å². The number of benzene rings is 3. The number of nitrogens with zero attached hydrogens (tertiary/aromatic N) is 5. The molecule has 0 atom stereocenters. The van der Waals surface area contributed by atoms with Gasteiger partial charge in [-0.25, -0.2) is 4.98 Å². The first-order chi connectivity index (χ1) is 21.1. The highest BCUT2D eigenvalue weighted by atomic mass is 16.5. The van der Waals surface area contributed by atoms with Crippen LogP contribution in [-0.4, -0.2) is 69.7 Å². The summed E-state index contributed by atoms with van der Waals surface area (Å²) in [4.78, 5) is 9.89. The Labute approximate surface area is 248 Å². The van der Waals surface area contributed by atoms with Gasteiger partial charge in [-0.15, -0.1) is 0 Å². The van der Waals surface area contributed by atoms with Crippen LogP contribution in [0.5, 0.6) is 11.5 Å². The van der Waals surface area contributed by atoms with E-state index < -0.39 is 0 Å². The van der Waals surface area contributed by atoms with Gasteiger partial charge in [0.2, 0.25) is 0 Å². The third-order valence-electron chi connectivity index (χ3n) is 9.22. The predicted molar refractivity (Wildman–Crippen MR) is 167 cm³/mol. The standard InChI is InChI=1S/C34H31N7O2/c1-21-9-30-31(13-27(21)23-4-6-29-26(11-23)16-37-39-29)43-32-12-24(22-3-5-28-25(10-22)15-36-38-28)14-35-33(32)41(30)8-2-7-40-17-34(18-40)19-42-20-34/h3-6,9-16H,2,7-8,17-20H2,1H3,(H,36,38)(H,37,39). The number of fused-ring (bicyclic) bond motifs is 4. The van der Waals surface area contributed by atoms with E-state index in [-0.39, 0.29) is 0 Å². The van der Waals surface area contributed by atoms with Gasteiger partial charge in [-0.3, -0.25) is 10.2 Å². The van der Waals surface area contributed by atoms with Crippen LogP contribution in [0.4, 0.5) is 11.5 Å². The predicted octanol–water partition coefficient (Wildman–Crippen LogP) is 6.44. The number of hydrogen-bond acceptors (Lipinski definition) is 7. The number of hydrogen-bond donors (Lipinski definition) is 2. The molecule has 0 unspecified atom stereocenters. The van der Waals surface area contributed by atoms with Crippen molar-refractivity contribution in [3.63, 3.8) is 0 Å². The minimum absolute atomic E-state index is 0.433. The summed E-state index contributed by atoms with van der Waals surface area (Å²) in [5.74, 6) is 2.48. The molecule has 3 aromatic heterocycles. The van der Waals surface area contributed by atoms with Crippen molar-refractivity contribution in [2.24, 2.45) is 5.41 Å². The van der Waals surface area contributed by atoms with Crippen molar-refractivity contribution in [1.29, 1.82) is 0 Å². The molecule has 0 radical (unpaired) electrons. The smallest absolute Gasteiger partial charge is 0.176 e. The number of anilines is 2. The first-order valence-corrected chi connectivity index (χ1v) is 14.9. The van der Waals surface area contributed by atoms with Gasteiger partial charge in [0.05, 0.1) is 42.3 Å². The molecule has 3 aliphatic heterocycles. The maximum Gasteiger partial charge on any atom is 0.176 e. The highest BCUT2D eigenvalue weighted by molar-refractivity contribution is 5.88. The van der Waals surface area contributed by atoms with Crippen molar-refractivity contribution >= 4 is 33.3 Å². The van der Waals surface area contributed by atoms with Crippen molar-refractivity contribution in [3.05, 3.63) is 78.8 Å². The summed E-state index contributed by atoms with van der Waals surface area (Å²) >= 11 is 0. The normalized spacial score (nSPS) is 17.0. The lowest BCUT2D eigenvalue weighted by Crippen LogP contribution is -2.65. The third-order valence-corrected chi connectivity index (χ3v) is 9.22. The van der Waals surface area contributed by atoms with Crippen LogP contribution >= 0.6 is 0 Å². The summed E-state index contributed by atoms with van der Waals surface area (Å²) in [6, 6.07) is 19.2. The van der Waals surface area contributed by atoms with E-state index in [0.29, 0.717) is 5.41 Å². The second-order valence-corrected chi connectivity index (χ2v) is 12.3. The minimum atomic E-state index is 0.433. The fourth-order valence-corrected chi connectivity index (χ4v) is 6.93. The lowest BCUT2D eigenvalue weighted by Gasteiger charge is -2.55. The molecule has 214 valence electrons. The summed E-state index contributed by atoms with van der Waals surface area (Å²) in [7, 11) is 0. The Kier molecular flexibility index (Phi) is 5.42. The average Bonchev–Trinajstić information content (AvgIpc) is 3.65. The fraction of sp³-hybridized carbons (Fsp3) is 0.265. The van der Waals surface area contributed by atoms with Crippen LogP contribution in [0, 0.1) is 12.3 Å². The SMILES string of the molecule is Cc1cc2c(cc1-c1ccc3[nH]ncc3c1)Oc1cc(-c3ccc4[nH]ncc4c3)cnc1N2CCCN1CC2(COC2)C1. The lowest BCUT2D eigenvalue weighted by atomic mass is 9.78. The molecule has 3 aliphatic rings. The lowest BCUT2D eigenvalue weighted by molar-refractivity contribution is -0.188. The monoisotopic (exact) mass is 569 g/mol. The second-order valence-electron chi connectivity index (χ2n) is 12.3. The van der Waals surface area contributed by atoms with Crippen molar-refractivity contribution in [3.8, 4) is 33.8 Å². The van der Waals surface area contributed by atoms with Gasteiger partial charge in [-0.1, -0.05) is 12.1 Å². The first-order valence-electron chi connectivity index (χ1n) is 14.9. The summed E-state index contributed by atoms with van der Waals surface area (Å²) < 4.78 is 12.1. The van der Waals surface area contributed by atoms with Crippen LogP contribution in [0.3, 0.4) is 0 Å². The zero-order chi connectivity index (χ0) is 28.5. The van der Waals surface area contributed by atoms with Crippen molar-refractivity contribution < 1.29 is 9.47 Å². The topological polar surface area (TPSA) is 95.2 Å². The maximum absolute atomic E-state index is 6.68. The van der Waals surface area contributed by atoms with Gasteiger partial charge in [0.15, 0.2) is 17.3 Å². The van der Waals surface area contributed by atoms with Crippen LogP contribution < -0.4 is 9.64 Å². The van der Waals surface area contributed by atoms with Gasteiger partial charge in [0, 0.05) is 47.6 Å². The van der Waals surface area contributed by atoms with Gasteiger partial charge < -0.3 is 19.3 Å². The van der Waals surface area contributed by atoms with Gasteiger partial charge >= 0.3 is 0 Å². The first kappa shape index (κ1) is 24.8. The Hall–Kier alpha value is -4.73. The number of aromatic nitrogens is 5. The molecule has 43 heavy (non-hydrogen) atoms. The number of aromatic amines is 2. The van der Waals surface area contributed by atoms with E-state index in [0.717, 1.165) is 113 Å². The molecule has 9 heteroatoms. The van der Waals surface area contributed by atoms with E-state index >= 15 is 0 Å². The van der Waals surface area contributed by atoms with E-state index in [1.54, 1.807) is 0 Å². The molecule has 2 N–H and O–H groups in total. The molecule has 2 saturated heterocycles. The number of nitrogens with one attached hydrogen (secondary N) is 2. The van der Waals surface area contributed by atoms with Gasteiger partial charge in [-0.2, -0.15) is 10.2 Å². The summed E-state index contributed by atoms with van der Waals surface area (Å²) in [5, 5.41) is 16.6. The molecule has 9 rings (SSSR count). The quantitative estimate of drug-likeness (QED) is 0.238. The number of pyridine rings is 1. The summed E-state index contributed by atoms with van der Waals surface area (Å²) in [6.45, 7) is 8.23. The molecule has 1 spiro atoms. The zero-order valence-corrected chi connectivity index (χ0v) is 23.9. The highest BCUT2D eigenvalue weighted by Crippen LogP contribution is 2.49. The average molecular weight is 570 g/mol. The number of ether oxygens (including phenoxy) is 2. The Morgan fingerprint density at radius 1 is 0.791 bits per heavy atom. The van der Waals surface area contributed by atoms with Crippen molar-refractivity contribution in [2.75, 3.05) is 44.3 Å².